The first-order valence-corrected chi connectivity index (χ1v) is 11.8. The lowest BCUT2D eigenvalue weighted by Crippen LogP contribution is -2.62. The van der Waals surface area contributed by atoms with Crippen molar-refractivity contribution in [2.75, 3.05) is 20.7 Å². The number of nitrogens with one attached hydrogen (secondary N) is 3. The highest BCUT2D eigenvalue weighted by Gasteiger charge is 2.55. The molecule has 1 aromatic rings. The molecule has 3 N–H and O–H groups in total. The summed E-state index contributed by atoms with van der Waals surface area (Å²) < 4.78 is 15.9. The molecule has 0 saturated carbocycles. The van der Waals surface area contributed by atoms with E-state index >= 15 is 0 Å². The number of esters is 1. The average molecular weight is 544 g/mol. The number of ether oxygens (including phenoxy) is 1. The van der Waals surface area contributed by atoms with E-state index in [9.17, 15) is 24.0 Å². The highest BCUT2D eigenvalue weighted by atomic mass is 35.5. The maximum Gasteiger partial charge on any atom is 0.552 e. The zero-order valence-electron chi connectivity index (χ0n) is 20.3. The van der Waals surface area contributed by atoms with Crippen molar-refractivity contribution < 1.29 is 38.0 Å². The summed E-state index contributed by atoms with van der Waals surface area (Å²) in [5, 5.41) is 7.95. The molecular formula is C22H28BCl2N3O8. The zero-order valence-corrected chi connectivity index (χ0v) is 21.8. The zero-order chi connectivity index (χ0) is 27.0. The van der Waals surface area contributed by atoms with Crippen LogP contribution in [0.2, 0.25) is 10.0 Å². The lowest BCUT2D eigenvalue weighted by Gasteiger charge is -2.38. The monoisotopic (exact) mass is 543 g/mol. The summed E-state index contributed by atoms with van der Waals surface area (Å²) in [6.45, 7) is 3.30. The van der Waals surface area contributed by atoms with Crippen LogP contribution in [0.3, 0.4) is 0 Å². The molecule has 0 aromatic heterocycles. The van der Waals surface area contributed by atoms with Gasteiger partial charge in [0.25, 0.3) is 11.9 Å². The van der Waals surface area contributed by atoms with E-state index in [1.165, 1.54) is 25.2 Å². The van der Waals surface area contributed by atoms with E-state index in [1.54, 1.807) is 0 Å². The third-order valence-electron chi connectivity index (χ3n) is 5.28. The van der Waals surface area contributed by atoms with Crippen LogP contribution in [-0.4, -0.2) is 69.0 Å². The molecule has 1 heterocycles. The number of benzene rings is 1. The molecule has 0 radical (unpaired) electrons. The Morgan fingerprint density at radius 3 is 2.50 bits per heavy atom. The highest BCUT2D eigenvalue weighted by molar-refractivity contribution is 6.50. The van der Waals surface area contributed by atoms with Gasteiger partial charge in [-0.05, 0) is 30.5 Å². The number of amides is 3. The predicted molar refractivity (Wildman–Crippen MR) is 131 cm³/mol. The first-order valence-electron chi connectivity index (χ1n) is 11.1. The summed E-state index contributed by atoms with van der Waals surface area (Å²) in [7, 11) is 1.09. The van der Waals surface area contributed by atoms with Gasteiger partial charge in [0.05, 0.1) is 43.0 Å². The second-order valence-corrected chi connectivity index (χ2v) is 9.44. The molecule has 2 rings (SSSR count). The van der Waals surface area contributed by atoms with Gasteiger partial charge in [-0.15, -0.1) is 0 Å². The molecule has 0 unspecified atom stereocenters. The fourth-order valence-corrected chi connectivity index (χ4v) is 3.99. The Morgan fingerprint density at radius 2 is 1.89 bits per heavy atom. The largest absolute Gasteiger partial charge is 0.552 e. The van der Waals surface area contributed by atoms with Gasteiger partial charge in [0.15, 0.2) is 5.60 Å². The molecule has 1 aliphatic rings. The minimum absolute atomic E-state index is 0.00542. The Morgan fingerprint density at radius 1 is 1.19 bits per heavy atom. The minimum atomic E-state index is -1.92. The second kappa shape index (κ2) is 12.9. The summed E-state index contributed by atoms with van der Waals surface area (Å²) in [5.74, 6) is -4.41. The van der Waals surface area contributed by atoms with Gasteiger partial charge in [0.2, 0.25) is 11.8 Å². The fraction of sp³-hybridized carbons (Fsp3) is 0.500. The van der Waals surface area contributed by atoms with Crippen molar-refractivity contribution in [3.8, 4) is 0 Å². The molecule has 2 atom stereocenters. The molecule has 1 aromatic carbocycles. The number of carbonyl (C=O) groups is 5. The van der Waals surface area contributed by atoms with Gasteiger partial charge in [-0.2, -0.15) is 0 Å². The Labute approximate surface area is 219 Å². The Bertz CT molecular complexity index is 1030. The van der Waals surface area contributed by atoms with Crippen LogP contribution in [0.5, 0.6) is 0 Å². The van der Waals surface area contributed by atoms with Crippen molar-refractivity contribution in [3.63, 3.8) is 0 Å². The van der Waals surface area contributed by atoms with Gasteiger partial charge in [-0.3, -0.25) is 19.2 Å². The third-order valence-corrected chi connectivity index (χ3v) is 5.85. The Balaban J connectivity index is 2.18. The first kappa shape index (κ1) is 29.4. The van der Waals surface area contributed by atoms with Crippen molar-refractivity contribution in [2.24, 2.45) is 5.92 Å². The van der Waals surface area contributed by atoms with E-state index in [0.717, 1.165) is 7.11 Å². The summed E-state index contributed by atoms with van der Waals surface area (Å²) in [4.78, 5) is 62.2. The Hall–Kier alpha value is -2.83. The molecule has 1 fully saturated rings. The first-order chi connectivity index (χ1) is 16.9. The molecular weight excluding hydrogens is 516 g/mol. The van der Waals surface area contributed by atoms with E-state index in [0.29, 0.717) is 5.02 Å². The van der Waals surface area contributed by atoms with E-state index in [2.05, 4.69) is 16.0 Å². The summed E-state index contributed by atoms with van der Waals surface area (Å²) in [6.07, 6.45) is -0.738. The van der Waals surface area contributed by atoms with E-state index in [-0.39, 0.29) is 22.9 Å². The highest BCUT2D eigenvalue weighted by Crippen LogP contribution is 2.31. The van der Waals surface area contributed by atoms with Gasteiger partial charge in [-0.1, -0.05) is 37.0 Å². The molecule has 1 aliphatic heterocycles. The number of methoxy groups -OCH3 is 1. The Kier molecular flexibility index (Phi) is 10.6. The van der Waals surface area contributed by atoms with Crippen molar-refractivity contribution in [3.05, 3.63) is 33.8 Å². The van der Waals surface area contributed by atoms with Gasteiger partial charge >= 0.3 is 13.1 Å². The van der Waals surface area contributed by atoms with Crippen LogP contribution in [0.25, 0.3) is 0 Å². The predicted octanol–water partition coefficient (Wildman–Crippen LogP) is 1.29. The van der Waals surface area contributed by atoms with Crippen LogP contribution in [0.4, 0.5) is 0 Å². The van der Waals surface area contributed by atoms with Gasteiger partial charge in [-0.25, -0.2) is 4.79 Å². The standard InChI is InChI=1S/C22H28BCl2N3O8/c1-12(2)7-16(28-18(30)11-27-20(32)14-8-13(24)5-6-15(14)25)23-35-19(31)10-22(36-23,21(33)34-4)9-17(29)26-3/h5-6,8,12,16H,7,9-11H2,1-4H3,(H,26,29)(H,27,32)(H,28,30)/t16-,22-/m0/s1. The van der Waals surface area contributed by atoms with E-state index in [1.807, 2.05) is 13.8 Å². The normalized spacial score (nSPS) is 18.2. The van der Waals surface area contributed by atoms with Crippen LogP contribution in [0.1, 0.15) is 43.5 Å². The summed E-state index contributed by atoms with van der Waals surface area (Å²) >= 11 is 11.9. The maximum absolute atomic E-state index is 12.7. The smallest absolute Gasteiger partial charge is 0.508 e. The molecule has 14 heteroatoms. The molecule has 11 nitrogen and oxygen atoms in total. The van der Waals surface area contributed by atoms with E-state index in [4.69, 9.17) is 37.2 Å². The molecule has 36 heavy (non-hydrogen) atoms. The molecule has 0 bridgehead atoms. The summed E-state index contributed by atoms with van der Waals surface area (Å²) in [5.41, 5.74) is -1.83. The maximum atomic E-state index is 12.7. The van der Waals surface area contributed by atoms with Crippen LogP contribution < -0.4 is 16.0 Å². The molecule has 196 valence electrons. The minimum Gasteiger partial charge on any atom is -0.508 e. The van der Waals surface area contributed by atoms with Crippen molar-refractivity contribution in [1.29, 1.82) is 0 Å². The van der Waals surface area contributed by atoms with E-state index < -0.39 is 67.7 Å². The molecule has 1 saturated heterocycles. The third kappa shape index (κ3) is 7.84. The van der Waals surface area contributed by atoms with Crippen molar-refractivity contribution in [1.82, 2.24) is 16.0 Å². The van der Waals surface area contributed by atoms with Crippen LogP contribution in [-0.2, 0) is 33.2 Å². The van der Waals surface area contributed by atoms with Crippen LogP contribution >= 0.6 is 23.2 Å². The lowest BCUT2D eigenvalue weighted by atomic mass is 9.70. The van der Waals surface area contributed by atoms with Gasteiger partial charge in [0, 0.05) is 12.1 Å². The second-order valence-electron chi connectivity index (χ2n) is 8.60. The molecule has 0 aliphatic carbocycles. The number of rotatable bonds is 10. The lowest BCUT2D eigenvalue weighted by molar-refractivity contribution is -0.175. The quantitative estimate of drug-likeness (QED) is 0.295. The van der Waals surface area contributed by atoms with Crippen molar-refractivity contribution >= 4 is 60.0 Å². The average Bonchev–Trinajstić information content (AvgIpc) is 2.82. The van der Waals surface area contributed by atoms with Crippen LogP contribution in [0.15, 0.2) is 18.2 Å². The van der Waals surface area contributed by atoms with Gasteiger partial charge < -0.3 is 30.0 Å². The number of carbonyl (C=O) groups excluding carboxylic acids is 5. The number of hydrogen-bond acceptors (Lipinski definition) is 8. The van der Waals surface area contributed by atoms with Gasteiger partial charge in [0.1, 0.15) is 0 Å². The molecule has 3 amide bonds. The number of halogens is 2. The van der Waals surface area contributed by atoms with Crippen molar-refractivity contribution in [2.45, 2.75) is 44.7 Å². The van der Waals surface area contributed by atoms with Crippen LogP contribution in [0, 0.1) is 5.92 Å². The molecule has 0 spiro atoms. The fourth-order valence-electron chi connectivity index (χ4n) is 3.62. The number of hydrogen-bond donors (Lipinski definition) is 3. The SMILES string of the molecule is CNC(=O)C[C@@]1(C(=O)OC)CC(=O)OB([C@H](CC(C)C)NC(=O)CNC(=O)c2cc(Cl)ccc2Cl)O1. The topological polar surface area (TPSA) is 149 Å². The summed E-state index contributed by atoms with van der Waals surface area (Å²) in [6, 6.07) is 4.35.